The van der Waals surface area contributed by atoms with Gasteiger partial charge in [0.25, 0.3) is 5.91 Å². The predicted octanol–water partition coefficient (Wildman–Crippen LogP) is 3.35. The number of carboxylic acids is 1. The van der Waals surface area contributed by atoms with Gasteiger partial charge in [0, 0.05) is 6.54 Å². The molecule has 0 bridgehead atoms. The number of benzene rings is 2. The number of ether oxygens (including phenoxy) is 1. The van der Waals surface area contributed by atoms with E-state index in [1.807, 2.05) is 19.9 Å². The summed E-state index contributed by atoms with van der Waals surface area (Å²) in [5.41, 5.74) is 2.91. The van der Waals surface area contributed by atoms with Gasteiger partial charge in [0.2, 0.25) is 0 Å². The number of hydrogen-bond donors (Lipinski definition) is 2. The smallest absolute Gasteiger partial charge is 0.335 e. The highest BCUT2D eigenvalue weighted by Crippen LogP contribution is 2.29. The number of carboxylic acid groups (broad SMARTS) is 1. The molecule has 0 saturated carbocycles. The van der Waals surface area contributed by atoms with Crippen LogP contribution in [0.15, 0.2) is 36.4 Å². The standard InChI is InChI=1S/C18H18ClNO4/c1-11-7-12(2)17(15(19)8-11)24-10-16(21)20-9-13-3-5-14(6-4-13)18(22)23/h3-8H,9-10H2,1-2H3,(H,20,21)(H,22,23). The van der Waals surface area contributed by atoms with Gasteiger partial charge in [-0.05, 0) is 48.7 Å². The Hall–Kier alpha value is -2.53. The maximum absolute atomic E-state index is 11.9. The lowest BCUT2D eigenvalue weighted by atomic mass is 10.1. The number of hydrogen-bond acceptors (Lipinski definition) is 3. The van der Waals surface area contributed by atoms with E-state index in [0.29, 0.717) is 17.3 Å². The molecule has 5 nitrogen and oxygen atoms in total. The van der Waals surface area contributed by atoms with E-state index in [-0.39, 0.29) is 18.1 Å². The van der Waals surface area contributed by atoms with Gasteiger partial charge in [-0.15, -0.1) is 0 Å². The Morgan fingerprint density at radius 1 is 1.17 bits per heavy atom. The van der Waals surface area contributed by atoms with Crippen LogP contribution in [0.25, 0.3) is 0 Å². The summed E-state index contributed by atoms with van der Waals surface area (Å²) in [7, 11) is 0. The van der Waals surface area contributed by atoms with Crippen molar-refractivity contribution in [2.24, 2.45) is 0 Å². The van der Waals surface area contributed by atoms with E-state index in [4.69, 9.17) is 21.4 Å². The third kappa shape index (κ3) is 4.73. The first-order chi connectivity index (χ1) is 11.4. The summed E-state index contributed by atoms with van der Waals surface area (Å²) in [6, 6.07) is 10.0. The number of carbonyl (C=O) groups excluding carboxylic acids is 1. The average molecular weight is 348 g/mol. The lowest BCUT2D eigenvalue weighted by Crippen LogP contribution is -2.28. The second-order valence-corrected chi connectivity index (χ2v) is 5.87. The van der Waals surface area contributed by atoms with Crippen molar-refractivity contribution in [1.29, 1.82) is 0 Å². The fourth-order valence-corrected chi connectivity index (χ4v) is 2.62. The molecular formula is C18H18ClNO4. The molecule has 126 valence electrons. The molecule has 0 aliphatic carbocycles. The molecule has 0 aliphatic rings. The lowest BCUT2D eigenvalue weighted by Gasteiger charge is -2.12. The number of rotatable bonds is 6. The van der Waals surface area contributed by atoms with Crippen molar-refractivity contribution in [3.05, 3.63) is 63.7 Å². The van der Waals surface area contributed by atoms with Crippen LogP contribution in [-0.2, 0) is 11.3 Å². The van der Waals surface area contributed by atoms with Crippen molar-refractivity contribution < 1.29 is 19.4 Å². The third-order valence-corrected chi connectivity index (χ3v) is 3.69. The Morgan fingerprint density at radius 2 is 1.83 bits per heavy atom. The van der Waals surface area contributed by atoms with Crippen LogP contribution in [-0.4, -0.2) is 23.6 Å². The first-order valence-corrected chi connectivity index (χ1v) is 7.73. The molecule has 0 aromatic heterocycles. The van der Waals surface area contributed by atoms with Gasteiger partial charge in [-0.3, -0.25) is 4.79 Å². The van der Waals surface area contributed by atoms with Gasteiger partial charge >= 0.3 is 5.97 Å². The Kier molecular flexibility index (Phi) is 5.82. The highest BCUT2D eigenvalue weighted by Gasteiger charge is 2.10. The highest BCUT2D eigenvalue weighted by atomic mass is 35.5. The van der Waals surface area contributed by atoms with Crippen LogP contribution < -0.4 is 10.1 Å². The van der Waals surface area contributed by atoms with Gasteiger partial charge < -0.3 is 15.2 Å². The molecular weight excluding hydrogens is 330 g/mol. The van der Waals surface area contributed by atoms with Gasteiger partial charge in [-0.1, -0.05) is 29.8 Å². The van der Waals surface area contributed by atoms with Gasteiger partial charge in [-0.2, -0.15) is 0 Å². The Bertz CT molecular complexity index is 733. The normalized spacial score (nSPS) is 10.3. The number of amides is 1. The van der Waals surface area contributed by atoms with E-state index in [1.165, 1.54) is 12.1 Å². The molecule has 2 N–H and O–H groups in total. The molecule has 2 rings (SSSR count). The predicted molar refractivity (Wildman–Crippen MR) is 91.7 cm³/mol. The van der Waals surface area contributed by atoms with Gasteiger partial charge in [0.15, 0.2) is 6.61 Å². The maximum atomic E-state index is 11.9. The summed E-state index contributed by atoms with van der Waals surface area (Å²) < 4.78 is 5.50. The quantitative estimate of drug-likeness (QED) is 0.840. The van der Waals surface area contributed by atoms with Gasteiger partial charge in [-0.25, -0.2) is 4.79 Å². The Labute approximate surface area is 145 Å². The van der Waals surface area contributed by atoms with Crippen LogP contribution in [0.4, 0.5) is 0 Å². The fraction of sp³-hybridized carbons (Fsp3) is 0.222. The third-order valence-electron chi connectivity index (χ3n) is 3.41. The summed E-state index contributed by atoms with van der Waals surface area (Å²) in [6.07, 6.45) is 0. The number of nitrogens with one attached hydrogen (secondary N) is 1. The first kappa shape index (κ1) is 17.8. The van der Waals surface area contributed by atoms with Crippen molar-refractivity contribution >= 4 is 23.5 Å². The summed E-state index contributed by atoms with van der Waals surface area (Å²) in [6.45, 7) is 3.96. The molecule has 6 heteroatoms. The maximum Gasteiger partial charge on any atom is 0.335 e. The first-order valence-electron chi connectivity index (χ1n) is 7.35. The fourth-order valence-electron chi connectivity index (χ4n) is 2.24. The van der Waals surface area contributed by atoms with Gasteiger partial charge in [0.1, 0.15) is 5.75 Å². The van der Waals surface area contributed by atoms with Crippen LogP contribution in [0.5, 0.6) is 5.75 Å². The SMILES string of the molecule is Cc1cc(C)c(OCC(=O)NCc2ccc(C(=O)O)cc2)c(Cl)c1. The van der Waals surface area contributed by atoms with Crippen molar-refractivity contribution in [1.82, 2.24) is 5.32 Å². The zero-order valence-corrected chi connectivity index (χ0v) is 14.2. The van der Waals surface area contributed by atoms with E-state index in [0.717, 1.165) is 16.7 Å². The second kappa shape index (κ2) is 7.84. The van der Waals surface area contributed by atoms with Crippen LogP contribution in [0, 0.1) is 13.8 Å². The molecule has 0 spiro atoms. The van der Waals surface area contributed by atoms with E-state index in [2.05, 4.69) is 5.32 Å². The number of aromatic carboxylic acids is 1. The zero-order valence-electron chi connectivity index (χ0n) is 13.4. The van der Waals surface area contributed by atoms with Crippen molar-refractivity contribution in [3.8, 4) is 5.75 Å². The van der Waals surface area contributed by atoms with Gasteiger partial charge in [0.05, 0.1) is 10.6 Å². The van der Waals surface area contributed by atoms with E-state index in [9.17, 15) is 9.59 Å². The molecule has 0 radical (unpaired) electrons. The highest BCUT2D eigenvalue weighted by molar-refractivity contribution is 6.32. The number of carbonyl (C=O) groups is 2. The van der Waals surface area contributed by atoms with Crippen LogP contribution >= 0.6 is 11.6 Å². The molecule has 0 heterocycles. The Balaban J connectivity index is 1.87. The molecule has 0 atom stereocenters. The summed E-state index contributed by atoms with van der Waals surface area (Å²) in [4.78, 5) is 22.7. The van der Waals surface area contributed by atoms with Crippen molar-refractivity contribution in [2.45, 2.75) is 20.4 Å². The molecule has 2 aromatic carbocycles. The van der Waals surface area contributed by atoms with Crippen LogP contribution in [0.3, 0.4) is 0 Å². The zero-order chi connectivity index (χ0) is 17.7. The molecule has 0 fully saturated rings. The lowest BCUT2D eigenvalue weighted by molar-refractivity contribution is -0.123. The number of halogens is 1. The van der Waals surface area contributed by atoms with E-state index >= 15 is 0 Å². The van der Waals surface area contributed by atoms with Crippen LogP contribution in [0.2, 0.25) is 5.02 Å². The topological polar surface area (TPSA) is 75.6 Å². The molecule has 1 amide bonds. The number of aryl methyl sites for hydroxylation is 2. The monoisotopic (exact) mass is 347 g/mol. The molecule has 2 aromatic rings. The molecule has 24 heavy (non-hydrogen) atoms. The molecule has 0 saturated heterocycles. The minimum absolute atomic E-state index is 0.142. The summed E-state index contributed by atoms with van der Waals surface area (Å²) in [5.74, 6) is -0.763. The molecule has 0 unspecified atom stereocenters. The average Bonchev–Trinajstić information content (AvgIpc) is 2.52. The largest absolute Gasteiger partial charge is 0.482 e. The minimum atomic E-state index is -0.982. The summed E-state index contributed by atoms with van der Waals surface area (Å²) >= 11 is 6.13. The van der Waals surface area contributed by atoms with Crippen LogP contribution in [0.1, 0.15) is 27.0 Å². The molecule has 0 aliphatic heterocycles. The summed E-state index contributed by atoms with van der Waals surface area (Å²) in [5, 5.41) is 12.0. The van der Waals surface area contributed by atoms with Crippen molar-refractivity contribution in [3.63, 3.8) is 0 Å². The Morgan fingerprint density at radius 3 is 2.42 bits per heavy atom. The second-order valence-electron chi connectivity index (χ2n) is 5.46. The van der Waals surface area contributed by atoms with E-state index in [1.54, 1.807) is 18.2 Å². The van der Waals surface area contributed by atoms with Crippen molar-refractivity contribution in [2.75, 3.05) is 6.61 Å². The van der Waals surface area contributed by atoms with E-state index < -0.39 is 5.97 Å². The minimum Gasteiger partial charge on any atom is -0.482 e.